The summed E-state index contributed by atoms with van der Waals surface area (Å²) in [7, 11) is 0. The molecule has 1 aliphatic rings. The molecule has 0 amide bonds. The number of benzene rings is 1. The van der Waals surface area contributed by atoms with Crippen molar-refractivity contribution < 1.29 is 14.6 Å². The Kier molecular flexibility index (Phi) is 6.65. The zero-order valence-corrected chi connectivity index (χ0v) is 18.9. The van der Waals surface area contributed by atoms with Crippen LogP contribution in [0.2, 0.25) is 10.0 Å². The molecule has 1 aliphatic carbocycles. The number of hydrogen-bond donors (Lipinski definition) is 2. The summed E-state index contributed by atoms with van der Waals surface area (Å²) in [5, 5.41) is 16.6. The molecule has 0 spiro atoms. The van der Waals surface area contributed by atoms with Gasteiger partial charge in [0.25, 0.3) is 0 Å². The number of carbonyl (C=O) groups is 1. The van der Waals surface area contributed by atoms with E-state index in [0.717, 1.165) is 10.8 Å². The minimum Gasteiger partial charge on any atom is -0.489 e. The Bertz CT molecular complexity index is 1050. The van der Waals surface area contributed by atoms with Crippen molar-refractivity contribution in [2.75, 3.05) is 5.32 Å². The van der Waals surface area contributed by atoms with E-state index in [9.17, 15) is 9.90 Å². The minimum absolute atomic E-state index is 0.102. The van der Waals surface area contributed by atoms with E-state index in [4.69, 9.17) is 27.9 Å². The summed E-state index contributed by atoms with van der Waals surface area (Å²) in [6.07, 6.45) is 4.20. The van der Waals surface area contributed by atoms with E-state index in [1.165, 1.54) is 11.3 Å². The molecule has 1 aromatic carbocycles. The number of rotatable bonds is 7. The van der Waals surface area contributed by atoms with Crippen LogP contribution in [0.5, 0.6) is 5.75 Å². The number of aliphatic carboxylic acids is 1. The average Bonchev–Trinajstić information content (AvgIpc) is 3.26. The van der Waals surface area contributed by atoms with E-state index in [-0.39, 0.29) is 6.10 Å². The molecular formula is C22H21Cl2N3O3S. The van der Waals surface area contributed by atoms with Gasteiger partial charge in [0.1, 0.15) is 16.6 Å². The van der Waals surface area contributed by atoms with Gasteiger partial charge < -0.3 is 15.2 Å². The van der Waals surface area contributed by atoms with Gasteiger partial charge in [-0.2, -0.15) is 0 Å². The fraction of sp³-hybridized carbons (Fsp3) is 0.318. The predicted molar refractivity (Wildman–Crippen MR) is 123 cm³/mol. The maximum Gasteiger partial charge on any atom is 0.310 e. The number of nitrogens with zero attached hydrogens (tertiary/aromatic N) is 2. The molecule has 2 aromatic heterocycles. The number of carboxylic acids is 1. The number of anilines is 2. The lowest BCUT2D eigenvalue weighted by atomic mass is 9.70. The Hall–Kier alpha value is -2.35. The highest BCUT2D eigenvalue weighted by atomic mass is 35.5. The van der Waals surface area contributed by atoms with Gasteiger partial charge in [0, 0.05) is 23.7 Å². The van der Waals surface area contributed by atoms with E-state index in [1.54, 1.807) is 24.4 Å². The van der Waals surface area contributed by atoms with Crippen molar-refractivity contribution in [3.05, 3.63) is 63.7 Å². The molecule has 0 atom stereocenters. The normalized spacial score (nSPS) is 20.9. The summed E-state index contributed by atoms with van der Waals surface area (Å²) < 4.78 is 6.03. The molecule has 0 aliphatic heterocycles. The molecule has 31 heavy (non-hydrogen) atoms. The zero-order valence-electron chi connectivity index (χ0n) is 16.6. The molecule has 2 N–H and O–H groups in total. The van der Waals surface area contributed by atoms with Crippen molar-refractivity contribution >= 4 is 51.5 Å². The zero-order chi connectivity index (χ0) is 21.8. The first kappa shape index (κ1) is 21.9. The van der Waals surface area contributed by atoms with E-state index >= 15 is 0 Å². The summed E-state index contributed by atoms with van der Waals surface area (Å²) >= 11 is 13.8. The Labute approximate surface area is 194 Å². The van der Waals surface area contributed by atoms with Gasteiger partial charge in [0.15, 0.2) is 5.13 Å². The van der Waals surface area contributed by atoms with Crippen LogP contribution in [0.4, 0.5) is 10.9 Å². The summed E-state index contributed by atoms with van der Waals surface area (Å²) in [6.45, 7) is 0. The Balaban J connectivity index is 1.43. The summed E-state index contributed by atoms with van der Waals surface area (Å²) in [4.78, 5) is 21.1. The summed E-state index contributed by atoms with van der Waals surface area (Å²) in [6, 6.07) is 10.9. The number of ether oxygens (including phenoxy) is 1. The monoisotopic (exact) mass is 477 g/mol. The SMILES string of the molecule is O=C(O)C1(Cc2cccc(Nc3nccs3)n2)CCC(Oc2cccc(Cl)c2Cl)CC1. The number of halogens is 2. The molecule has 0 unspecified atom stereocenters. The van der Waals surface area contributed by atoms with E-state index in [0.29, 0.717) is 53.7 Å². The van der Waals surface area contributed by atoms with Crippen LogP contribution in [0.15, 0.2) is 48.0 Å². The molecule has 0 bridgehead atoms. The number of thiazole rings is 1. The lowest BCUT2D eigenvalue weighted by molar-refractivity contribution is -0.152. The molecule has 0 saturated heterocycles. The third-order valence-corrected chi connectivity index (χ3v) is 7.04. The van der Waals surface area contributed by atoms with Crippen LogP contribution in [-0.4, -0.2) is 27.1 Å². The van der Waals surface area contributed by atoms with Crippen molar-refractivity contribution in [3.8, 4) is 5.75 Å². The second-order valence-electron chi connectivity index (χ2n) is 7.61. The molecule has 162 valence electrons. The quantitative estimate of drug-likeness (QED) is 0.419. The second-order valence-corrected chi connectivity index (χ2v) is 9.29. The molecule has 1 saturated carbocycles. The van der Waals surface area contributed by atoms with Gasteiger partial charge in [-0.25, -0.2) is 9.97 Å². The van der Waals surface area contributed by atoms with Crippen LogP contribution < -0.4 is 10.1 Å². The molecular weight excluding hydrogens is 457 g/mol. The Morgan fingerprint density at radius 2 is 2.00 bits per heavy atom. The summed E-state index contributed by atoms with van der Waals surface area (Å²) in [5.74, 6) is 0.386. The number of pyridine rings is 1. The van der Waals surface area contributed by atoms with Crippen LogP contribution in [-0.2, 0) is 11.2 Å². The highest BCUT2D eigenvalue weighted by molar-refractivity contribution is 7.13. The fourth-order valence-electron chi connectivity index (χ4n) is 3.87. The first-order chi connectivity index (χ1) is 14.9. The fourth-order valence-corrected chi connectivity index (χ4v) is 4.74. The molecule has 9 heteroatoms. The number of nitrogens with one attached hydrogen (secondary N) is 1. The highest BCUT2D eigenvalue weighted by Crippen LogP contribution is 2.42. The Morgan fingerprint density at radius 3 is 2.71 bits per heavy atom. The molecule has 2 heterocycles. The summed E-state index contributed by atoms with van der Waals surface area (Å²) in [5.41, 5.74) is -0.133. The molecule has 0 radical (unpaired) electrons. The van der Waals surface area contributed by atoms with Gasteiger partial charge in [0.05, 0.1) is 16.5 Å². The van der Waals surface area contributed by atoms with Crippen molar-refractivity contribution in [1.29, 1.82) is 0 Å². The van der Waals surface area contributed by atoms with E-state index < -0.39 is 11.4 Å². The Morgan fingerprint density at radius 1 is 1.23 bits per heavy atom. The van der Waals surface area contributed by atoms with E-state index in [1.807, 2.05) is 23.6 Å². The topological polar surface area (TPSA) is 84.3 Å². The van der Waals surface area contributed by atoms with E-state index in [2.05, 4.69) is 15.3 Å². The van der Waals surface area contributed by atoms with Crippen molar-refractivity contribution in [1.82, 2.24) is 9.97 Å². The van der Waals surface area contributed by atoms with Gasteiger partial charge in [0.2, 0.25) is 0 Å². The van der Waals surface area contributed by atoms with Gasteiger partial charge in [-0.15, -0.1) is 11.3 Å². The predicted octanol–water partition coefficient (Wildman–Crippen LogP) is 6.22. The minimum atomic E-state index is -0.870. The van der Waals surface area contributed by atoms with Crippen LogP contribution in [0.3, 0.4) is 0 Å². The van der Waals surface area contributed by atoms with Crippen LogP contribution in [0, 0.1) is 5.41 Å². The molecule has 3 aromatic rings. The highest BCUT2D eigenvalue weighted by Gasteiger charge is 2.43. The van der Waals surface area contributed by atoms with Gasteiger partial charge in [-0.3, -0.25) is 4.79 Å². The average molecular weight is 478 g/mol. The first-order valence-electron chi connectivity index (χ1n) is 9.92. The van der Waals surface area contributed by atoms with Crippen LogP contribution in [0.25, 0.3) is 0 Å². The molecule has 1 fully saturated rings. The van der Waals surface area contributed by atoms with Gasteiger partial charge >= 0.3 is 5.97 Å². The second kappa shape index (κ2) is 9.42. The third-order valence-electron chi connectivity index (χ3n) is 5.55. The largest absolute Gasteiger partial charge is 0.489 e. The maximum atomic E-state index is 12.3. The standard InChI is InChI=1S/C22H21Cl2N3O3S/c23-16-4-2-5-17(19(16)24)30-15-7-9-22(10-8-15,20(28)29)13-14-3-1-6-18(26-14)27-21-25-11-12-31-21/h1-6,11-12,15H,7-10,13H2,(H,28,29)(H,25,26,27). The first-order valence-corrected chi connectivity index (χ1v) is 11.6. The lowest BCUT2D eigenvalue weighted by Crippen LogP contribution is -2.40. The number of hydrogen-bond acceptors (Lipinski definition) is 6. The van der Waals surface area contributed by atoms with Gasteiger partial charge in [-0.05, 0) is 49.9 Å². The van der Waals surface area contributed by atoms with Gasteiger partial charge in [-0.1, -0.05) is 35.3 Å². The molecule has 4 rings (SSSR count). The third kappa shape index (κ3) is 5.11. The van der Waals surface area contributed by atoms with Crippen LogP contribution in [0.1, 0.15) is 31.4 Å². The van der Waals surface area contributed by atoms with Crippen molar-refractivity contribution in [3.63, 3.8) is 0 Å². The van der Waals surface area contributed by atoms with Crippen molar-refractivity contribution in [2.24, 2.45) is 5.41 Å². The number of carboxylic acid groups (broad SMARTS) is 1. The smallest absolute Gasteiger partial charge is 0.310 e. The lowest BCUT2D eigenvalue weighted by Gasteiger charge is -2.36. The maximum absolute atomic E-state index is 12.3. The van der Waals surface area contributed by atoms with Crippen molar-refractivity contribution in [2.45, 2.75) is 38.2 Å². The van der Waals surface area contributed by atoms with Crippen LogP contribution >= 0.6 is 34.5 Å². The molecule has 6 nitrogen and oxygen atoms in total. The number of aromatic nitrogens is 2.